The second-order valence-corrected chi connectivity index (χ2v) is 4.64. The van der Waals surface area contributed by atoms with Crippen molar-refractivity contribution in [3.05, 3.63) is 47.0 Å². The molecule has 0 atom stereocenters. The third-order valence-corrected chi connectivity index (χ3v) is 3.25. The van der Waals surface area contributed by atoms with Gasteiger partial charge in [-0.25, -0.2) is 4.79 Å². The van der Waals surface area contributed by atoms with Gasteiger partial charge in [0.15, 0.2) is 11.5 Å². The Morgan fingerprint density at radius 2 is 1.50 bits per heavy atom. The summed E-state index contributed by atoms with van der Waals surface area (Å²) in [4.78, 5) is 12.3. The molecule has 0 unspecified atom stereocenters. The van der Waals surface area contributed by atoms with Crippen molar-refractivity contribution in [1.82, 2.24) is 0 Å². The van der Waals surface area contributed by atoms with Crippen LogP contribution >= 0.6 is 11.6 Å². The molecule has 0 aromatic heterocycles. The molecule has 2 aromatic rings. The van der Waals surface area contributed by atoms with E-state index in [2.05, 4.69) is 0 Å². The molecule has 0 saturated heterocycles. The Hall–Kier alpha value is -2.40. The van der Waals surface area contributed by atoms with Crippen molar-refractivity contribution in [2.24, 2.45) is 0 Å². The smallest absolute Gasteiger partial charge is 0.343 e. The van der Waals surface area contributed by atoms with Gasteiger partial charge in [-0.05, 0) is 24.3 Å². The Morgan fingerprint density at radius 3 is 2.00 bits per heavy atom. The van der Waals surface area contributed by atoms with Crippen molar-refractivity contribution in [2.75, 3.05) is 21.3 Å². The van der Waals surface area contributed by atoms with Crippen molar-refractivity contribution >= 4 is 17.6 Å². The zero-order valence-corrected chi connectivity index (χ0v) is 13.1. The number of halogens is 1. The molecule has 0 aliphatic rings. The predicted molar refractivity (Wildman–Crippen MR) is 82.5 cm³/mol. The highest BCUT2D eigenvalue weighted by Gasteiger charge is 2.18. The molecule has 0 saturated carbocycles. The number of carbonyl (C=O) groups is 1. The fourth-order valence-corrected chi connectivity index (χ4v) is 2.06. The monoisotopic (exact) mass is 322 g/mol. The molecule has 0 spiro atoms. The maximum atomic E-state index is 12.3. The van der Waals surface area contributed by atoms with Gasteiger partial charge in [-0.3, -0.25) is 0 Å². The number of para-hydroxylation sites is 1. The van der Waals surface area contributed by atoms with Crippen LogP contribution in [0.3, 0.4) is 0 Å². The maximum Gasteiger partial charge on any atom is 0.343 e. The van der Waals surface area contributed by atoms with Crippen LogP contribution in [-0.4, -0.2) is 27.3 Å². The molecule has 6 heteroatoms. The van der Waals surface area contributed by atoms with Gasteiger partial charge in [0.05, 0.1) is 31.9 Å². The van der Waals surface area contributed by atoms with E-state index >= 15 is 0 Å². The van der Waals surface area contributed by atoms with Crippen LogP contribution < -0.4 is 18.9 Å². The van der Waals surface area contributed by atoms with E-state index in [0.717, 1.165) is 0 Å². The molecule has 5 nitrogen and oxygen atoms in total. The number of rotatable bonds is 5. The van der Waals surface area contributed by atoms with Gasteiger partial charge >= 0.3 is 5.97 Å². The Labute approximate surface area is 133 Å². The molecule has 0 aliphatic carbocycles. The van der Waals surface area contributed by atoms with E-state index in [1.165, 1.54) is 33.5 Å². The topological polar surface area (TPSA) is 54.0 Å². The van der Waals surface area contributed by atoms with E-state index in [1.54, 1.807) is 24.3 Å². The molecular formula is C16H15ClO5. The zero-order chi connectivity index (χ0) is 16.1. The lowest BCUT2D eigenvalue weighted by molar-refractivity contribution is 0.0734. The number of carbonyl (C=O) groups excluding carboxylic acids is 1. The van der Waals surface area contributed by atoms with Gasteiger partial charge in [-0.2, -0.15) is 0 Å². The Balaban J connectivity index is 2.36. The number of benzene rings is 2. The first kappa shape index (κ1) is 16.0. The van der Waals surface area contributed by atoms with E-state index in [9.17, 15) is 4.79 Å². The lowest BCUT2D eigenvalue weighted by Crippen LogP contribution is -2.10. The van der Waals surface area contributed by atoms with Crippen molar-refractivity contribution in [2.45, 2.75) is 0 Å². The number of hydrogen-bond donors (Lipinski definition) is 0. The highest BCUT2D eigenvalue weighted by molar-refractivity contribution is 6.32. The highest BCUT2D eigenvalue weighted by atomic mass is 35.5. The molecule has 116 valence electrons. The minimum atomic E-state index is -0.577. The van der Waals surface area contributed by atoms with Crippen LogP contribution in [0.25, 0.3) is 0 Å². The molecule has 0 bridgehead atoms. The second-order valence-electron chi connectivity index (χ2n) is 4.23. The van der Waals surface area contributed by atoms with Gasteiger partial charge in [0.1, 0.15) is 5.75 Å². The van der Waals surface area contributed by atoms with Crippen molar-refractivity contribution in [3.63, 3.8) is 0 Å². The van der Waals surface area contributed by atoms with E-state index in [-0.39, 0.29) is 11.3 Å². The molecule has 0 aliphatic heterocycles. The lowest BCUT2D eigenvalue weighted by Gasteiger charge is -2.14. The van der Waals surface area contributed by atoms with Crippen molar-refractivity contribution in [3.8, 4) is 23.0 Å². The molecule has 0 radical (unpaired) electrons. The summed E-state index contributed by atoms with van der Waals surface area (Å²) < 4.78 is 20.9. The molecule has 0 heterocycles. The average molecular weight is 323 g/mol. The number of methoxy groups -OCH3 is 3. The summed E-state index contributed by atoms with van der Waals surface area (Å²) in [5.41, 5.74) is 0.259. The third-order valence-electron chi connectivity index (χ3n) is 2.94. The predicted octanol–water partition coefficient (Wildman–Crippen LogP) is 3.59. The Morgan fingerprint density at radius 1 is 0.909 bits per heavy atom. The summed E-state index contributed by atoms with van der Waals surface area (Å²) in [5.74, 6) is 0.843. The van der Waals surface area contributed by atoms with E-state index < -0.39 is 5.97 Å². The van der Waals surface area contributed by atoms with Gasteiger partial charge in [-0.15, -0.1) is 0 Å². The zero-order valence-electron chi connectivity index (χ0n) is 12.4. The van der Waals surface area contributed by atoms with Crippen molar-refractivity contribution < 1.29 is 23.7 Å². The van der Waals surface area contributed by atoms with E-state index in [0.29, 0.717) is 22.3 Å². The van der Waals surface area contributed by atoms with Gasteiger partial charge in [0.2, 0.25) is 5.75 Å². The summed E-state index contributed by atoms with van der Waals surface area (Å²) in [5, 5.41) is 0.350. The minimum Gasteiger partial charge on any atom is -0.493 e. The van der Waals surface area contributed by atoms with Crippen LogP contribution in [-0.2, 0) is 0 Å². The van der Waals surface area contributed by atoms with Crippen molar-refractivity contribution in [1.29, 1.82) is 0 Å². The van der Waals surface area contributed by atoms with Crippen LogP contribution in [0.1, 0.15) is 10.4 Å². The summed E-state index contributed by atoms with van der Waals surface area (Å²) in [7, 11) is 4.43. The van der Waals surface area contributed by atoms with Gasteiger partial charge < -0.3 is 18.9 Å². The largest absolute Gasteiger partial charge is 0.493 e. The average Bonchev–Trinajstić information content (AvgIpc) is 2.55. The van der Waals surface area contributed by atoms with E-state index in [1.807, 2.05) is 0 Å². The normalized spacial score (nSPS) is 10.0. The quantitative estimate of drug-likeness (QED) is 0.622. The van der Waals surface area contributed by atoms with Crippen LogP contribution in [0.2, 0.25) is 5.02 Å². The summed E-state index contributed by atoms with van der Waals surface area (Å²) in [6.45, 7) is 0. The third kappa shape index (κ3) is 3.26. The van der Waals surface area contributed by atoms with Gasteiger partial charge in [0, 0.05) is 0 Å². The minimum absolute atomic E-state index is 0.259. The Bertz CT molecular complexity index is 659. The fourth-order valence-electron chi connectivity index (χ4n) is 1.89. The number of hydrogen-bond acceptors (Lipinski definition) is 5. The SMILES string of the molecule is COc1cc(C(=O)Oc2ccccc2Cl)cc(OC)c1OC. The van der Waals surface area contributed by atoms with Gasteiger partial charge in [-0.1, -0.05) is 23.7 Å². The molecule has 22 heavy (non-hydrogen) atoms. The van der Waals surface area contributed by atoms with E-state index in [4.69, 9.17) is 30.5 Å². The molecule has 2 rings (SSSR count). The first-order valence-corrected chi connectivity index (χ1v) is 6.75. The Kier molecular flexibility index (Phi) is 5.12. The standard InChI is InChI=1S/C16H15ClO5/c1-19-13-8-10(9-14(20-2)15(13)21-3)16(18)22-12-7-5-4-6-11(12)17/h4-9H,1-3H3. The molecule has 0 N–H and O–H groups in total. The number of ether oxygens (including phenoxy) is 4. The molecular weight excluding hydrogens is 308 g/mol. The lowest BCUT2D eigenvalue weighted by atomic mass is 10.2. The van der Waals surface area contributed by atoms with Crippen LogP contribution in [0.15, 0.2) is 36.4 Å². The summed E-state index contributed by atoms with van der Waals surface area (Å²) in [6.07, 6.45) is 0. The highest BCUT2D eigenvalue weighted by Crippen LogP contribution is 2.38. The maximum absolute atomic E-state index is 12.3. The van der Waals surface area contributed by atoms with Crippen LogP contribution in [0.4, 0.5) is 0 Å². The van der Waals surface area contributed by atoms with Crippen LogP contribution in [0.5, 0.6) is 23.0 Å². The first-order valence-electron chi connectivity index (χ1n) is 6.37. The summed E-state index contributed by atoms with van der Waals surface area (Å²) in [6, 6.07) is 9.75. The fraction of sp³-hybridized carbons (Fsp3) is 0.188. The first-order chi connectivity index (χ1) is 10.6. The molecule has 2 aromatic carbocycles. The molecule has 0 fully saturated rings. The second kappa shape index (κ2) is 7.04. The number of esters is 1. The molecule has 0 amide bonds. The summed E-state index contributed by atoms with van der Waals surface area (Å²) >= 11 is 5.97. The van der Waals surface area contributed by atoms with Gasteiger partial charge in [0.25, 0.3) is 0 Å². The van der Waals surface area contributed by atoms with Crippen LogP contribution in [0, 0.1) is 0 Å².